The maximum atomic E-state index is 15.3. The highest BCUT2D eigenvalue weighted by molar-refractivity contribution is 7.81. The van der Waals surface area contributed by atoms with Crippen molar-refractivity contribution in [3.05, 3.63) is 95.0 Å². The highest BCUT2D eigenvalue weighted by Gasteiger charge is 2.51. The lowest BCUT2D eigenvalue weighted by molar-refractivity contribution is -0.144. The van der Waals surface area contributed by atoms with Gasteiger partial charge in [0.05, 0.1) is 35.2 Å². The summed E-state index contributed by atoms with van der Waals surface area (Å²) in [7, 11) is 0. The van der Waals surface area contributed by atoms with Crippen molar-refractivity contribution in [1.29, 1.82) is 5.26 Å². The largest absolute Gasteiger partial charge is 0.491 e. The second kappa shape index (κ2) is 22.4. The number of anilines is 2. The maximum Gasteiger partial charge on any atom is 0.259 e. The lowest BCUT2D eigenvalue weighted by atomic mass is 9.85. The molecule has 1 aromatic heterocycles. The summed E-state index contributed by atoms with van der Waals surface area (Å²) in [6.45, 7) is 9.58. The van der Waals surface area contributed by atoms with Gasteiger partial charge in [0, 0.05) is 56.6 Å². The molecule has 362 valence electrons. The van der Waals surface area contributed by atoms with Gasteiger partial charge in [-0.3, -0.25) is 24.1 Å². The van der Waals surface area contributed by atoms with Crippen LogP contribution in [-0.4, -0.2) is 107 Å². The molecular weight excluding hydrogens is 924 g/mol. The van der Waals surface area contributed by atoms with Crippen LogP contribution < -0.4 is 25.2 Å². The highest BCUT2D eigenvalue weighted by Crippen LogP contribution is 2.40. The van der Waals surface area contributed by atoms with Crippen LogP contribution in [0.5, 0.6) is 5.75 Å². The lowest BCUT2D eigenvalue weighted by Crippen LogP contribution is -2.58. The van der Waals surface area contributed by atoms with Gasteiger partial charge in [-0.1, -0.05) is 56.6 Å². The van der Waals surface area contributed by atoms with Crippen LogP contribution in [0.3, 0.4) is 0 Å². The van der Waals surface area contributed by atoms with Crippen LogP contribution in [0.1, 0.15) is 71.4 Å². The molecule has 68 heavy (non-hydrogen) atoms. The van der Waals surface area contributed by atoms with E-state index in [9.17, 15) is 29.5 Å². The Kier molecular flexibility index (Phi) is 16.9. The van der Waals surface area contributed by atoms with Crippen molar-refractivity contribution in [2.45, 2.75) is 90.6 Å². The number of carbonyl (C=O) groups excluding carboxylic acids is 4. The molecular formula is C48H54ClF2N7O9S. The van der Waals surface area contributed by atoms with Crippen LogP contribution in [0.2, 0.25) is 5.02 Å². The van der Waals surface area contributed by atoms with Gasteiger partial charge in [-0.25, -0.2) is 13.8 Å². The first-order valence-electron chi connectivity index (χ1n) is 22.0. The van der Waals surface area contributed by atoms with Gasteiger partial charge in [0.1, 0.15) is 36.1 Å². The monoisotopic (exact) mass is 977 g/mol. The molecule has 3 N–H and O–H groups in total. The third-order valence-corrected chi connectivity index (χ3v) is 12.1. The van der Waals surface area contributed by atoms with E-state index in [1.54, 1.807) is 53.0 Å². The molecule has 2 aliphatic heterocycles. The molecule has 0 spiro atoms. The normalized spacial score (nSPS) is 17.3. The van der Waals surface area contributed by atoms with Crippen LogP contribution in [0.25, 0.3) is 11.3 Å². The number of unbranched alkanes of at least 4 members (excludes halogenated alkanes) is 1. The van der Waals surface area contributed by atoms with Gasteiger partial charge >= 0.3 is 0 Å². The Morgan fingerprint density at radius 3 is 2.41 bits per heavy atom. The predicted molar refractivity (Wildman–Crippen MR) is 251 cm³/mol. The Balaban J connectivity index is 0.872. The van der Waals surface area contributed by atoms with E-state index in [0.29, 0.717) is 38.2 Å². The van der Waals surface area contributed by atoms with E-state index in [2.05, 4.69) is 15.6 Å². The minimum Gasteiger partial charge on any atom is -0.491 e. The first-order chi connectivity index (χ1) is 32.3. The molecule has 0 saturated carbocycles. The summed E-state index contributed by atoms with van der Waals surface area (Å²) in [6.07, 6.45) is 3.77. The van der Waals surface area contributed by atoms with Crippen molar-refractivity contribution < 1.29 is 51.7 Å². The molecule has 3 aromatic carbocycles. The fourth-order valence-electron chi connectivity index (χ4n) is 7.77. The molecule has 20 heteroatoms. The molecule has 2 fully saturated rings. The van der Waals surface area contributed by atoms with E-state index in [-0.39, 0.29) is 72.2 Å². The average Bonchev–Trinajstić information content (AvgIpc) is 4.02. The van der Waals surface area contributed by atoms with E-state index in [0.717, 1.165) is 28.2 Å². The zero-order valence-corrected chi connectivity index (χ0v) is 39.9. The number of nitrogens with one attached hydrogen (secondary N) is 2. The van der Waals surface area contributed by atoms with Crippen molar-refractivity contribution in [1.82, 2.24) is 20.5 Å². The fraction of sp³-hybridized carbons (Fsp3) is 0.438. The van der Waals surface area contributed by atoms with Crippen LogP contribution in [0.15, 0.2) is 71.6 Å². The number of aliphatic hydroxyl groups excluding tert-OH is 1. The zero-order chi connectivity index (χ0) is 49.3. The summed E-state index contributed by atoms with van der Waals surface area (Å²) in [4.78, 5) is 61.4. The van der Waals surface area contributed by atoms with Crippen molar-refractivity contribution in [3.63, 3.8) is 0 Å². The van der Waals surface area contributed by atoms with E-state index >= 15 is 8.78 Å². The lowest BCUT2D eigenvalue weighted by Gasteiger charge is -2.35. The third kappa shape index (κ3) is 12.2. The minimum atomic E-state index is -1.32. The molecule has 4 aromatic rings. The summed E-state index contributed by atoms with van der Waals surface area (Å²) in [5, 5.41) is 25.2. The van der Waals surface area contributed by atoms with Crippen molar-refractivity contribution in [2.24, 2.45) is 5.41 Å². The maximum absolute atomic E-state index is 15.3. The number of hydrogen-bond donors (Lipinski definition) is 3. The number of nitriles is 1. The Hall–Kier alpha value is -6.04. The summed E-state index contributed by atoms with van der Waals surface area (Å²) < 4.78 is 52.5. The number of thiocarbonyl (C=S) groups is 1. The number of nitrogens with zero attached hydrogens (tertiary/aromatic N) is 5. The van der Waals surface area contributed by atoms with Gasteiger partial charge in [0.2, 0.25) is 17.7 Å². The quantitative estimate of drug-likeness (QED) is 0.0645. The van der Waals surface area contributed by atoms with Crippen LogP contribution in [-0.2, 0) is 35.2 Å². The molecule has 0 radical (unpaired) electrons. The SMILES string of the molecule is CC(C)(C)C(NC(=O)COCCCOCCCCOc1ccc(N2C(=S)N(c3cc(Cl)c(C#N)cc3F)C(=O)C2(C)C)cc1F)C(=O)N1C[C@H](O)CC1C(=O)NCc1ccc(-c2cnco2)cc1. The van der Waals surface area contributed by atoms with Gasteiger partial charge in [-0.15, -0.1) is 0 Å². The van der Waals surface area contributed by atoms with Gasteiger partial charge < -0.3 is 44.2 Å². The van der Waals surface area contributed by atoms with E-state index in [4.69, 9.17) is 42.4 Å². The molecule has 2 saturated heterocycles. The summed E-state index contributed by atoms with van der Waals surface area (Å²) in [5.74, 6) is -2.92. The number of oxazole rings is 1. The van der Waals surface area contributed by atoms with Crippen LogP contribution in [0, 0.1) is 28.4 Å². The Bertz CT molecular complexity index is 2520. The number of aliphatic hydroxyl groups is 1. The minimum absolute atomic E-state index is 0.00824. The smallest absolute Gasteiger partial charge is 0.259 e. The van der Waals surface area contributed by atoms with E-state index < -0.39 is 64.4 Å². The molecule has 2 aliphatic rings. The molecule has 3 atom stereocenters. The molecule has 0 bridgehead atoms. The summed E-state index contributed by atoms with van der Waals surface area (Å²) in [5.41, 5.74) is -0.461. The molecule has 16 nitrogen and oxygen atoms in total. The van der Waals surface area contributed by atoms with Crippen molar-refractivity contribution in [3.8, 4) is 23.1 Å². The number of β-amino-alcohol motifs (C(OH)–C–C–N with tert-alkyl or cyclic N) is 1. The Labute approximate surface area is 403 Å². The number of carbonyl (C=O) groups is 4. The topological polar surface area (TPSA) is 200 Å². The number of amides is 4. The summed E-state index contributed by atoms with van der Waals surface area (Å²) >= 11 is 11.7. The first kappa shape index (κ1) is 51.4. The summed E-state index contributed by atoms with van der Waals surface area (Å²) in [6, 6.07) is 13.5. The van der Waals surface area contributed by atoms with Gasteiger partial charge in [0.15, 0.2) is 28.8 Å². The van der Waals surface area contributed by atoms with Crippen LogP contribution >= 0.6 is 23.8 Å². The second-order valence-corrected chi connectivity index (χ2v) is 18.7. The molecule has 0 aliphatic carbocycles. The van der Waals surface area contributed by atoms with Crippen molar-refractivity contribution in [2.75, 3.05) is 49.4 Å². The number of aromatic nitrogens is 1. The average molecular weight is 979 g/mol. The molecule has 6 rings (SSSR count). The van der Waals surface area contributed by atoms with E-state index in [1.165, 1.54) is 28.3 Å². The van der Waals surface area contributed by atoms with Crippen molar-refractivity contribution >= 4 is 63.9 Å². The number of hydrogen-bond acceptors (Lipinski definition) is 12. The van der Waals surface area contributed by atoms with E-state index in [1.807, 2.05) is 24.3 Å². The fourth-order valence-corrected chi connectivity index (χ4v) is 8.49. The Morgan fingerprint density at radius 1 is 1.03 bits per heavy atom. The molecule has 2 unspecified atom stereocenters. The number of rotatable bonds is 20. The number of halogens is 3. The highest BCUT2D eigenvalue weighted by atomic mass is 35.5. The van der Waals surface area contributed by atoms with Crippen LogP contribution in [0.4, 0.5) is 20.2 Å². The first-order valence-corrected chi connectivity index (χ1v) is 22.8. The zero-order valence-electron chi connectivity index (χ0n) is 38.4. The number of likely N-dealkylation sites (tertiary alicyclic amines) is 1. The van der Waals surface area contributed by atoms with Gasteiger partial charge in [-0.2, -0.15) is 5.26 Å². The van der Waals surface area contributed by atoms with Gasteiger partial charge in [0.25, 0.3) is 5.91 Å². The van der Waals surface area contributed by atoms with Gasteiger partial charge in [-0.05, 0) is 80.6 Å². The number of benzene rings is 3. The number of ether oxygens (including phenoxy) is 3. The molecule has 3 heterocycles. The predicted octanol–water partition coefficient (Wildman–Crippen LogP) is 6.45. The third-order valence-electron chi connectivity index (χ3n) is 11.4. The second-order valence-electron chi connectivity index (χ2n) is 17.9. The standard InChI is InChI=1S/C48H54ClF2N7O9S/c1-47(2,3)42(44(62)56-26-33(59)21-38(56)43(61)54-24-29-9-11-30(12-10-29)40-25-53-28-67-40)55-41(60)27-65-17-8-16-64-15-6-7-18-66-39-14-13-32(20-36(39)51)58-46(68)57(45(63)48(58,4)5)37-22-34(49)31(23-52)19-35(37)50/h9-14,19-20,22,25,28,33,38,42,59H,6-8,15-18,21,24,26-27H2,1-5H3,(H,54,61)(H,55,60)/t33-,38?,42?/m1/s1. The molecule has 4 amide bonds. The Morgan fingerprint density at radius 2 is 1.74 bits per heavy atom.